The van der Waals surface area contributed by atoms with Crippen molar-refractivity contribution in [3.63, 3.8) is 0 Å². The summed E-state index contributed by atoms with van der Waals surface area (Å²) < 4.78 is 49.0. The first-order chi connectivity index (χ1) is 21.4. The third-order valence-corrected chi connectivity index (χ3v) is 7.62. The number of carbonyl (C=O) groups is 2. The van der Waals surface area contributed by atoms with Gasteiger partial charge in [-0.2, -0.15) is 4.21 Å². The molecule has 1 radical (unpaired) electrons. The Morgan fingerprint density at radius 2 is 1.67 bits per heavy atom. The summed E-state index contributed by atoms with van der Waals surface area (Å²) in [4.78, 5) is 23.9. The van der Waals surface area contributed by atoms with Crippen molar-refractivity contribution < 1.29 is 72.1 Å². The van der Waals surface area contributed by atoms with Gasteiger partial charge >= 0.3 is 11.4 Å². The van der Waals surface area contributed by atoms with Crippen molar-refractivity contribution >= 4 is 23.2 Å². The van der Waals surface area contributed by atoms with Crippen LogP contribution in [0.3, 0.4) is 0 Å². The summed E-state index contributed by atoms with van der Waals surface area (Å²) in [5, 5.41) is 67.9. The van der Waals surface area contributed by atoms with E-state index < -0.39 is 91.5 Å². The molecule has 2 heterocycles. The highest BCUT2D eigenvalue weighted by Crippen LogP contribution is 2.33. The molecule has 8 N–H and O–H groups in total. The van der Waals surface area contributed by atoms with Crippen LogP contribution in [0.4, 0.5) is 0 Å². The molecule has 0 aromatic heterocycles. The maximum absolute atomic E-state index is 12.1. The fourth-order valence-electron chi connectivity index (χ4n) is 4.93. The van der Waals surface area contributed by atoms with Gasteiger partial charge in [0.25, 0.3) is 5.91 Å². The van der Waals surface area contributed by atoms with Crippen LogP contribution in [0.25, 0.3) is 0 Å². The summed E-state index contributed by atoms with van der Waals surface area (Å²) in [7, 11) is 0. The number of rotatable bonds is 16. The van der Waals surface area contributed by atoms with Crippen LogP contribution in [0.2, 0.25) is 0 Å². The predicted molar refractivity (Wildman–Crippen MR) is 150 cm³/mol. The molecular weight excluding hydrogens is 624 g/mol. The molecule has 255 valence electrons. The summed E-state index contributed by atoms with van der Waals surface area (Å²) in [5.41, 5.74) is -2.25. The Morgan fingerprint density at radius 1 is 0.978 bits per heavy atom. The Balaban J connectivity index is 1.56. The molecule has 1 aromatic carbocycles. The van der Waals surface area contributed by atoms with Crippen LogP contribution in [-0.2, 0) is 43.8 Å². The second-order valence-corrected chi connectivity index (χ2v) is 11.3. The number of aliphatic hydroxyl groups excluding tert-OH is 5. The van der Waals surface area contributed by atoms with Crippen molar-refractivity contribution in [2.24, 2.45) is 0 Å². The van der Waals surface area contributed by atoms with Gasteiger partial charge in [0, 0.05) is 25.6 Å². The summed E-state index contributed by atoms with van der Waals surface area (Å²) >= 11 is -3.03. The van der Waals surface area contributed by atoms with Crippen molar-refractivity contribution in [3.05, 3.63) is 35.9 Å². The van der Waals surface area contributed by atoms with Crippen LogP contribution < -0.4 is 10.6 Å². The van der Waals surface area contributed by atoms with Crippen LogP contribution in [0.1, 0.15) is 43.0 Å². The molecule has 1 aromatic rings. The van der Waals surface area contributed by atoms with Gasteiger partial charge in [0.05, 0.1) is 13.2 Å². The molecule has 3 rings (SSSR count). The van der Waals surface area contributed by atoms with Crippen LogP contribution in [0, 0.1) is 0 Å². The van der Waals surface area contributed by atoms with Crippen molar-refractivity contribution in [2.75, 3.05) is 26.4 Å². The van der Waals surface area contributed by atoms with Crippen LogP contribution in [0.5, 0.6) is 0 Å². The minimum absolute atomic E-state index is 0.0771. The van der Waals surface area contributed by atoms with Crippen LogP contribution in [0.15, 0.2) is 30.3 Å². The fourth-order valence-corrected chi connectivity index (χ4v) is 5.18. The van der Waals surface area contributed by atoms with Gasteiger partial charge in [-0.1, -0.05) is 35.6 Å². The lowest BCUT2D eigenvalue weighted by molar-refractivity contribution is -0.384. The Hall–Kier alpha value is -2.17. The molecule has 0 bridgehead atoms. The van der Waals surface area contributed by atoms with Gasteiger partial charge < -0.3 is 60.2 Å². The number of hydrogen-bond donors (Lipinski definition) is 8. The van der Waals surface area contributed by atoms with E-state index in [1.807, 2.05) is 11.4 Å². The molecule has 0 aliphatic carbocycles. The first-order valence-corrected chi connectivity index (χ1v) is 15.4. The molecule has 18 heteroatoms. The van der Waals surface area contributed by atoms with E-state index in [9.17, 15) is 49.0 Å². The SMILES string of the molecule is CC(=O)N[C@]1(O)[C@@H](O[C@H]2[C@H](O)[C@@H](O)[C@H](OCCCCCCNC(=O)c3ccccc3)O[C@@H]2COS([O])=O)O[C@H](CO)[C@@H](O)[C@@H]1O. The van der Waals surface area contributed by atoms with E-state index in [-0.39, 0.29) is 12.5 Å². The Kier molecular flexibility index (Phi) is 14.6. The summed E-state index contributed by atoms with van der Waals surface area (Å²) in [6.07, 6.45) is -13.2. The van der Waals surface area contributed by atoms with Crippen molar-refractivity contribution in [1.29, 1.82) is 0 Å². The summed E-state index contributed by atoms with van der Waals surface area (Å²) in [6, 6.07) is 8.80. The first kappa shape index (κ1) is 37.3. The average molecular weight is 666 g/mol. The molecule has 0 spiro atoms. The number of carbonyl (C=O) groups excluding carboxylic acids is 2. The number of amides is 2. The topological polar surface area (TPSA) is 263 Å². The van der Waals surface area contributed by atoms with E-state index in [0.717, 1.165) is 13.3 Å². The Morgan fingerprint density at radius 3 is 2.31 bits per heavy atom. The molecule has 2 aliphatic rings. The molecule has 2 saturated heterocycles. The summed E-state index contributed by atoms with van der Waals surface area (Å²) in [5.74, 6) is -1.05. The van der Waals surface area contributed by atoms with Gasteiger partial charge in [0.2, 0.25) is 17.9 Å². The third kappa shape index (κ3) is 10.2. The molecule has 2 amide bonds. The lowest BCUT2D eigenvalue weighted by atomic mass is 9.92. The maximum Gasteiger partial charge on any atom is 0.334 e. The zero-order valence-corrected chi connectivity index (χ0v) is 25.3. The van der Waals surface area contributed by atoms with Crippen molar-refractivity contribution in [3.8, 4) is 0 Å². The smallest absolute Gasteiger partial charge is 0.334 e. The highest BCUT2D eigenvalue weighted by molar-refractivity contribution is 7.73. The van der Waals surface area contributed by atoms with E-state index in [2.05, 4.69) is 9.50 Å². The highest BCUT2D eigenvalue weighted by Gasteiger charge is 2.58. The number of unbranched alkanes of at least 4 members (excludes halogenated alkanes) is 3. The largest absolute Gasteiger partial charge is 0.394 e. The fraction of sp³-hybridized carbons (Fsp3) is 0.704. The molecule has 2 fully saturated rings. The van der Waals surface area contributed by atoms with E-state index in [0.29, 0.717) is 31.4 Å². The summed E-state index contributed by atoms with van der Waals surface area (Å²) in [6.45, 7) is -0.0555. The van der Waals surface area contributed by atoms with Crippen LogP contribution >= 0.6 is 0 Å². The average Bonchev–Trinajstić information content (AvgIpc) is 3.01. The minimum atomic E-state index is -3.03. The Labute approximate surface area is 261 Å². The van der Waals surface area contributed by atoms with Crippen molar-refractivity contribution in [1.82, 2.24) is 10.6 Å². The predicted octanol–water partition coefficient (Wildman–Crippen LogP) is -2.89. The number of hydrogen-bond acceptors (Lipinski definition) is 14. The minimum Gasteiger partial charge on any atom is -0.394 e. The molecule has 11 atom stereocenters. The zero-order valence-electron chi connectivity index (χ0n) is 24.5. The van der Waals surface area contributed by atoms with Gasteiger partial charge in [-0.3, -0.25) is 13.8 Å². The maximum atomic E-state index is 12.1. The van der Waals surface area contributed by atoms with Gasteiger partial charge in [0.15, 0.2) is 6.29 Å². The second-order valence-electron chi connectivity index (χ2n) is 10.7. The van der Waals surface area contributed by atoms with E-state index in [1.165, 1.54) is 0 Å². The molecule has 2 aliphatic heterocycles. The lowest BCUT2D eigenvalue weighted by Crippen LogP contribution is -2.75. The first-order valence-electron chi connectivity index (χ1n) is 14.4. The van der Waals surface area contributed by atoms with Crippen LogP contribution in [-0.4, -0.2) is 134 Å². The second kappa shape index (κ2) is 17.7. The Bertz CT molecular complexity index is 1100. The van der Waals surface area contributed by atoms with E-state index in [4.69, 9.17) is 18.9 Å². The highest BCUT2D eigenvalue weighted by atomic mass is 32.2. The normalized spacial score (nSPS) is 34.2. The molecule has 45 heavy (non-hydrogen) atoms. The van der Waals surface area contributed by atoms with E-state index in [1.54, 1.807) is 24.3 Å². The number of ether oxygens (including phenoxy) is 4. The molecule has 17 nitrogen and oxygen atoms in total. The quantitative estimate of drug-likeness (QED) is 0.0651. The zero-order chi connectivity index (χ0) is 33.1. The van der Waals surface area contributed by atoms with Gasteiger partial charge in [-0.25, -0.2) is 0 Å². The standard InChI is InChI=1S/C27H41N2O15S/c1-15(31)29-27(37)23(35)19(32)17(13-30)43-26(27)44-22-18(14-41-45(38)39)42-25(21(34)20(22)33)40-12-8-3-2-7-11-28-24(36)16-9-5-4-6-10-16/h4-6,9-10,17-23,25-26,30,32-35,37H,2-3,7-8,11-14H2,1H3,(H,28,36)(H,29,31)/t17-,18-,19-,20-,21-,22-,23+,25-,26-,27-/m1/s1. The molecule has 1 unspecified atom stereocenters. The number of nitrogens with one attached hydrogen (secondary N) is 2. The van der Waals surface area contributed by atoms with Gasteiger partial charge in [-0.15, -0.1) is 0 Å². The van der Waals surface area contributed by atoms with Crippen molar-refractivity contribution in [2.45, 2.75) is 93.6 Å². The van der Waals surface area contributed by atoms with E-state index >= 15 is 0 Å². The number of aliphatic hydroxyl groups is 6. The number of benzene rings is 1. The molecule has 0 saturated carbocycles. The van der Waals surface area contributed by atoms with Gasteiger partial charge in [0.1, 0.15) is 42.7 Å². The lowest BCUT2D eigenvalue weighted by Gasteiger charge is -2.50. The monoisotopic (exact) mass is 665 g/mol. The third-order valence-electron chi connectivity index (χ3n) is 7.29. The molecular formula is C27H41N2O15S. The van der Waals surface area contributed by atoms with Gasteiger partial charge in [-0.05, 0) is 25.0 Å².